The lowest BCUT2D eigenvalue weighted by Gasteiger charge is -2.15. The number of hydrogen-bond acceptors (Lipinski definition) is 5. The van der Waals surface area contributed by atoms with E-state index >= 15 is 0 Å². The zero-order chi connectivity index (χ0) is 14.4. The van der Waals surface area contributed by atoms with Gasteiger partial charge in [-0.05, 0) is 19.3 Å². The number of thiazole rings is 1. The van der Waals surface area contributed by atoms with Crippen LogP contribution in [0.15, 0.2) is 0 Å². The molecule has 1 aliphatic rings. The summed E-state index contributed by atoms with van der Waals surface area (Å²) in [5.41, 5.74) is 5.85. The number of anilines is 2. The summed E-state index contributed by atoms with van der Waals surface area (Å²) in [5.74, 6) is 0.260. The van der Waals surface area contributed by atoms with Crippen LogP contribution in [0.1, 0.15) is 61.5 Å². The standard InChI is InChI=1S/C14H24N4OS/c1-2-9-16-14-18-12(15)11(20-14)13(19)17-10-7-5-3-4-6-8-10/h10H,2-9,15H2,1H3,(H,16,18)(H,17,19). The number of carbonyl (C=O) groups is 1. The highest BCUT2D eigenvalue weighted by Crippen LogP contribution is 2.25. The van der Waals surface area contributed by atoms with Crippen LogP contribution in [-0.2, 0) is 0 Å². The fraction of sp³-hybridized carbons (Fsp3) is 0.714. The van der Waals surface area contributed by atoms with E-state index in [1.807, 2.05) is 0 Å². The lowest BCUT2D eigenvalue weighted by atomic mass is 10.1. The first-order valence-electron chi connectivity index (χ1n) is 7.51. The number of nitrogens with two attached hydrogens (primary N) is 1. The number of nitrogens with one attached hydrogen (secondary N) is 2. The lowest BCUT2D eigenvalue weighted by molar-refractivity contribution is 0.0938. The molecular formula is C14H24N4OS. The molecule has 4 N–H and O–H groups in total. The van der Waals surface area contributed by atoms with Gasteiger partial charge in [0.15, 0.2) is 5.13 Å². The van der Waals surface area contributed by atoms with E-state index in [1.54, 1.807) is 0 Å². The van der Waals surface area contributed by atoms with E-state index in [0.29, 0.717) is 16.7 Å². The van der Waals surface area contributed by atoms with E-state index in [2.05, 4.69) is 22.5 Å². The Morgan fingerprint density at radius 2 is 2.05 bits per heavy atom. The van der Waals surface area contributed by atoms with Gasteiger partial charge in [-0.25, -0.2) is 4.98 Å². The maximum Gasteiger partial charge on any atom is 0.265 e. The molecule has 0 aromatic carbocycles. The molecule has 6 heteroatoms. The minimum atomic E-state index is -0.0727. The third-order valence-electron chi connectivity index (χ3n) is 3.58. The van der Waals surface area contributed by atoms with Gasteiger partial charge in [0.25, 0.3) is 5.91 Å². The fourth-order valence-corrected chi connectivity index (χ4v) is 3.29. The second-order valence-electron chi connectivity index (χ2n) is 5.32. The zero-order valence-electron chi connectivity index (χ0n) is 12.1. The van der Waals surface area contributed by atoms with Gasteiger partial charge in [0.05, 0.1) is 0 Å². The Bertz CT molecular complexity index is 438. The second kappa shape index (κ2) is 7.47. The number of rotatable bonds is 5. The molecule has 5 nitrogen and oxygen atoms in total. The van der Waals surface area contributed by atoms with Crippen LogP contribution >= 0.6 is 11.3 Å². The monoisotopic (exact) mass is 296 g/mol. The molecular weight excluding hydrogens is 272 g/mol. The normalized spacial score (nSPS) is 16.6. The maximum absolute atomic E-state index is 12.3. The summed E-state index contributed by atoms with van der Waals surface area (Å²) in [6.45, 7) is 2.93. The summed E-state index contributed by atoms with van der Waals surface area (Å²) in [6, 6.07) is 0.290. The summed E-state index contributed by atoms with van der Waals surface area (Å²) < 4.78 is 0. The van der Waals surface area contributed by atoms with Crippen LogP contribution in [-0.4, -0.2) is 23.5 Å². The molecule has 1 fully saturated rings. The quantitative estimate of drug-likeness (QED) is 0.730. The minimum Gasteiger partial charge on any atom is -0.382 e. The lowest BCUT2D eigenvalue weighted by Crippen LogP contribution is -2.34. The fourth-order valence-electron chi connectivity index (χ4n) is 2.48. The molecule has 0 radical (unpaired) electrons. The Morgan fingerprint density at radius 1 is 1.35 bits per heavy atom. The predicted octanol–water partition coefficient (Wildman–Crippen LogP) is 3.00. The molecule has 1 heterocycles. The van der Waals surface area contributed by atoms with E-state index in [9.17, 15) is 4.79 Å². The van der Waals surface area contributed by atoms with Crippen molar-refractivity contribution in [3.05, 3.63) is 4.88 Å². The van der Waals surface area contributed by atoms with Gasteiger partial charge in [-0.1, -0.05) is 43.9 Å². The van der Waals surface area contributed by atoms with E-state index in [-0.39, 0.29) is 5.91 Å². The summed E-state index contributed by atoms with van der Waals surface area (Å²) in [7, 11) is 0. The SMILES string of the molecule is CCCNc1nc(N)c(C(=O)NC2CCCCCC2)s1. The second-order valence-corrected chi connectivity index (χ2v) is 6.32. The third kappa shape index (κ3) is 4.10. The molecule has 0 unspecified atom stereocenters. The summed E-state index contributed by atoms with van der Waals surface area (Å²) >= 11 is 1.34. The molecule has 20 heavy (non-hydrogen) atoms. The van der Waals surface area contributed by atoms with Crippen LogP contribution in [0.5, 0.6) is 0 Å². The average molecular weight is 296 g/mol. The first-order valence-corrected chi connectivity index (χ1v) is 8.33. The predicted molar refractivity (Wildman–Crippen MR) is 84.3 cm³/mol. The van der Waals surface area contributed by atoms with Crippen molar-refractivity contribution in [3.63, 3.8) is 0 Å². The van der Waals surface area contributed by atoms with Crippen molar-refractivity contribution in [2.24, 2.45) is 0 Å². The number of amides is 1. The van der Waals surface area contributed by atoms with Crippen LogP contribution in [0.4, 0.5) is 10.9 Å². The first-order chi connectivity index (χ1) is 9.70. The molecule has 1 aromatic heterocycles. The Labute approximate surface area is 124 Å². The van der Waals surface area contributed by atoms with Crippen molar-refractivity contribution in [1.29, 1.82) is 0 Å². The van der Waals surface area contributed by atoms with E-state index in [1.165, 1.54) is 37.0 Å². The third-order valence-corrected chi connectivity index (χ3v) is 4.60. The van der Waals surface area contributed by atoms with Gasteiger partial charge >= 0.3 is 0 Å². The molecule has 112 valence electrons. The maximum atomic E-state index is 12.3. The molecule has 0 saturated heterocycles. The van der Waals surface area contributed by atoms with Crippen LogP contribution < -0.4 is 16.4 Å². The van der Waals surface area contributed by atoms with Crippen molar-refractivity contribution >= 4 is 28.2 Å². The van der Waals surface area contributed by atoms with Crippen molar-refractivity contribution in [2.75, 3.05) is 17.6 Å². The molecule has 0 aliphatic heterocycles. The van der Waals surface area contributed by atoms with Crippen LogP contribution in [0.2, 0.25) is 0 Å². The number of carbonyl (C=O) groups excluding carboxylic acids is 1. The first kappa shape index (κ1) is 15.1. The van der Waals surface area contributed by atoms with Crippen LogP contribution in [0, 0.1) is 0 Å². The van der Waals surface area contributed by atoms with Crippen LogP contribution in [0.3, 0.4) is 0 Å². The Hall–Kier alpha value is -1.30. The van der Waals surface area contributed by atoms with Gasteiger partial charge in [-0.15, -0.1) is 0 Å². The number of hydrogen-bond donors (Lipinski definition) is 3. The highest BCUT2D eigenvalue weighted by molar-refractivity contribution is 7.18. The van der Waals surface area contributed by atoms with Gasteiger partial charge in [-0.3, -0.25) is 4.79 Å². The van der Waals surface area contributed by atoms with E-state index in [0.717, 1.165) is 30.9 Å². The largest absolute Gasteiger partial charge is 0.382 e. The molecule has 2 rings (SSSR count). The topological polar surface area (TPSA) is 80.0 Å². The Balaban J connectivity index is 1.95. The summed E-state index contributed by atoms with van der Waals surface area (Å²) in [4.78, 5) is 17.0. The average Bonchev–Trinajstić information content (AvgIpc) is 2.63. The van der Waals surface area contributed by atoms with E-state index in [4.69, 9.17) is 5.73 Å². The van der Waals surface area contributed by atoms with Gasteiger partial charge < -0.3 is 16.4 Å². The molecule has 1 amide bonds. The van der Waals surface area contributed by atoms with E-state index < -0.39 is 0 Å². The molecule has 0 bridgehead atoms. The summed E-state index contributed by atoms with van der Waals surface area (Å²) in [5, 5.41) is 7.01. The highest BCUT2D eigenvalue weighted by Gasteiger charge is 2.20. The number of nitrogens with zero attached hydrogens (tertiary/aromatic N) is 1. The van der Waals surface area contributed by atoms with Gasteiger partial charge in [0.1, 0.15) is 10.7 Å². The van der Waals surface area contributed by atoms with Gasteiger partial charge in [0.2, 0.25) is 0 Å². The number of aromatic nitrogens is 1. The molecule has 0 spiro atoms. The van der Waals surface area contributed by atoms with Crippen molar-refractivity contribution in [1.82, 2.24) is 10.3 Å². The zero-order valence-corrected chi connectivity index (χ0v) is 12.9. The van der Waals surface area contributed by atoms with Crippen molar-refractivity contribution in [2.45, 2.75) is 57.9 Å². The minimum absolute atomic E-state index is 0.0727. The Kier molecular flexibility index (Phi) is 5.64. The molecule has 1 aliphatic carbocycles. The smallest absolute Gasteiger partial charge is 0.265 e. The molecule has 1 aromatic rings. The van der Waals surface area contributed by atoms with Gasteiger partial charge in [-0.2, -0.15) is 0 Å². The van der Waals surface area contributed by atoms with Crippen molar-refractivity contribution in [3.8, 4) is 0 Å². The van der Waals surface area contributed by atoms with Crippen molar-refractivity contribution < 1.29 is 4.79 Å². The van der Waals surface area contributed by atoms with Crippen LogP contribution in [0.25, 0.3) is 0 Å². The van der Waals surface area contributed by atoms with Gasteiger partial charge in [0, 0.05) is 12.6 Å². The number of nitrogen functional groups attached to an aromatic ring is 1. The highest BCUT2D eigenvalue weighted by atomic mass is 32.1. The Morgan fingerprint density at radius 3 is 2.70 bits per heavy atom. The molecule has 1 saturated carbocycles. The summed E-state index contributed by atoms with van der Waals surface area (Å²) in [6.07, 6.45) is 8.12. The molecule has 0 atom stereocenters.